The predicted molar refractivity (Wildman–Crippen MR) is 71.9 cm³/mol. The van der Waals surface area contributed by atoms with E-state index in [-0.39, 0.29) is 0 Å². The SMILES string of the molecule is Cn1cnnc1CNc1nccn1-c1ccccc1. The summed E-state index contributed by atoms with van der Waals surface area (Å²) in [7, 11) is 1.92. The monoisotopic (exact) mass is 254 g/mol. The Morgan fingerprint density at radius 2 is 2.05 bits per heavy atom. The highest BCUT2D eigenvalue weighted by Crippen LogP contribution is 2.14. The van der Waals surface area contributed by atoms with Gasteiger partial charge < -0.3 is 9.88 Å². The summed E-state index contributed by atoms with van der Waals surface area (Å²) in [6.07, 6.45) is 5.38. The van der Waals surface area contributed by atoms with Gasteiger partial charge in [-0.25, -0.2) is 4.98 Å². The Kier molecular flexibility index (Phi) is 2.97. The summed E-state index contributed by atoms with van der Waals surface area (Å²) in [6, 6.07) is 10.1. The van der Waals surface area contributed by atoms with E-state index in [1.54, 1.807) is 12.5 Å². The van der Waals surface area contributed by atoms with Crippen molar-refractivity contribution in [2.45, 2.75) is 6.54 Å². The molecular weight excluding hydrogens is 240 g/mol. The third-order valence-electron chi connectivity index (χ3n) is 2.88. The molecule has 96 valence electrons. The van der Waals surface area contributed by atoms with Crippen molar-refractivity contribution in [3.05, 3.63) is 54.9 Å². The summed E-state index contributed by atoms with van der Waals surface area (Å²) in [5.41, 5.74) is 1.07. The largest absolute Gasteiger partial charge is 0.348 e. The number of nitrogens with zero attached hydrogens (tertiary/aromatic N) is 5. The number of benzene rings is 1. The van der Waals surface area contributed by atoms with Crippen LogP contribution < -0.4 is 5.32 Å². The van der Waals surface area contributed by atoms with E-state index >= 15 is 0 Å². The molecular formula is C13H14N6. The van der Waals surface area contributed by atoms with Crippen molar-refractivity contribution in [2.75, 3.05) is 5.32 Å². The van der Waals surface area contributed by atoms with Crippen LogP contribution in [-0.2, 0) is 13.6 Å². The number of aromatic nitrogens is 5. The number of hydrogen-bond acceptors (Lipinski definition) is 4. The molecule has 0 radical (unpaired) electrons. The van der Waals surface area contributed by atoms with Gasteiger partial charge in [0.25, 0.3) is 0 Å². The second-order valence-electron chi connectivity index (χ2n) is 4.17. The van der Waals surface area contributed by atoms with Crippen molar-refractivity contribution in [1.82, 2.24) is 24.3 Å². The van der Waals surface area contributed by atoms with Crippen LogP contribution in [0, 0.1) is 0 Å². The van der Waals surface area contributed by atoms with Crippen molar-refractivity contribution in [3.63, 3.8) is 0 Å². The Bertz CT molecular complexity index is 655. The standard InChI is InChI=1S/C13H14N6/c1-18-10-16-17-12(18)9-15-13-14-7-8-19(13)11-5-3-2-4-6-11/h2-8,10H,9H2,1H3,(H,14,15). The molecule has 3 rings (SSSR count). The zero-order chi connectivity index (χ0) is 13.1. The van der Waals surface area contributed by atoms with E-state index in [1.807, 2.05) is 52.7 Å². The molecule has 2 aromatic heterocycles. The molecule has 0 fully saturated rings. The minimum Gasteiger partial charge on any atom is -0.348 e. The van der Waals surface area contributed by atoms with Crippen molar-refractivity contribution in [1.29, 1.82) is 0 Å². The van der Waals surface area contributed by atoms with Crippen LogP contribution in [0.4, 0.5) is 5.95 Å². The van der Waals surface area contributed by atoms with E-state index in [4.69, 9.17) is 0 Å². The Morgan fingerprint density at radius 3 is 2.79 bits per heavy atom. The van der Waals surface area contributed by atoms with Crippen LogP contribution in [0.25, 0.3) is 5.69 Å². The molecule has 6 heteroatoms. The van der Waals surface area contributed by atoms with E-state index in [1.165, 1.54) is 0 Å². The molecule has 0 atom stereocenters. The molecule has 0 bridgehead atoms. The summed E-state index contributed by atoms with van der Waals surface area (Å²) < 4.78 is 3.87. The quantitative estimate of drug-likeness (QED) is 0.768. The fraction of sp³-hybridized carbons (Fsp3) is 0.154. The molecule has 0 amide bonds. The minimum atomic E-state index is 0.584. The number of hydrogen-bond donors (Lipinski definition) is 1. The maximum atomic E-state index is 4.32. The fourth-order valence-electron chi connectivity index (χ4n) is 1.86. The lowest BCUT2D eigenvalue weighted by Gasteiger charge is -2.09. The molecule has 0 aliphatic heterocycles. The number of anilines is 1. The minimum absolute atomic E-state index is 0.584. The lowest BCUT2D eigenvalue weighted by atomic mass is 10.3. The molecule has 0 unspecified atom stereocenters. The van der Waals surface area contributed by atoms with Gasteiger partial charge >= 0.3 is 0 Å². The number of imidazole rings is 1. The van der Waals surface area contributed by atoms with Gasteiger partial charge in [-0.2, -0.15) is 0 Å². The number of rotatable bonds is 4. The maximum Gasteiger partial charge on any atom is 0.207 e. The Hall–Kier alpha value is -2.63. The van der Waals surface area contributed by atoms with Gasteiger partial charge in [-0.1, -0.05) is 18.2 Å². The summed E-state index contributed by atoms with van der Waals surface area (Å²) in [4.78, 5) is 4.32. The van der Waals surface area contributed by atoms with Crippen LogP contribution in [0.5, 0.6) is 0 Å². The highest BCUT2D eigenvalue weighted by molar-refractivity contribution is 5.41. The highest BCUT2D eigenvalue weighted by atomic mass is 15.3. The van der Waals surface area contributed by atoms with Crippen molar-refractivity contribution in [2.24, 2.45) is 7.05 Å². The maximum absolute atomic E-state index is 4.32. The van der Waals surface area contributed by atoms with Gasteiger partial charge in [0.2, 0.25) is 5.95 Å². The molecule has 3 aromatic rings. The predicted octanol–water partition coefficient (Wildman–Crippen LogP) is 1.61. The van der Waals surface area contributed by atoms with E-state index in [0.29, 0.717) is 6.54 Å². The molecule has 0 spiro atoms. The first-order valence-corrected chi connectivity index (χ1v) is 6.00. The van der Waals surface area contributed by atoms with Crippen LogP contribution in [0.2, 0.25) is 0 Å². The van der Waals surface area contributed by atoms with Crippen LogP contribution in [0.3, 0.4) is 0 Å². The normalized spacial score (nSPS) is 10.6. The third-order valence-corrected chi connectivity index (χ3v) is 2.88. The molecule has 1 N–H and O–H groups in total. The van der Waals surface area contributed by atoms with Crippen molar-refractivity contribution < 1.29 is 0 Å². The smallest absolute Gasteiger partial charge is 0.207 e. The molecule has 0 saturated carbocycles. The van der Waals surface area contributed by atoms with Gasteiger partial charge in [-0.3, -0.25) is 4.57 Å². The molecule has 0 aliphatic rings. The van der Waals surface area contributed by atoms with Crippen LogP contribution in [-0.4, -0.2) is 24.3 Å². The van der Waals surface area contributed by atoms with E-state index in [2.05, 4.69) is 20.5 Å². The Labute approximate surface area is 110 Å². The zero-order valence-electron chi connectivity index (χ0n) is 10.6. The summed E-state index contributed by atoms with van der Waals surface area (Å²) in [5.74, 6) is 1.65. The second kappa shape index (κ2) is 4.93. The third kappa shape index (κ3) is 2.33. The molecule has 6 nitrogen and oxygen atoms in total. The fourth-order valence-corrected chi connectivity index (χ4v) is 1.86. The molecule has 0 saturated heterocycles. The molecule has 2 heterocycles. The topological polar surface area (TPSA) is 60.6 Å². The Morgan fingerprint density at radius 1 is 1.21 bits per heavy atom. The average Bonchev–Trinajstić information content (AvgIpc) is 3.06. The van der Waals surface area contributed by atoms with Crippen molar-refractivity contribution in [3.8, 4) is 5.69 Å². The first-order valence-electron chi connectivity index (χ1n) is 6.00. The molecule has 0 aliphatic carbocycles. The highest BCUT2D eigenvalue weighted by Gasteiger charge is 2.06. The zero-order valence-corrected chi connectivity index (χ0v) is 10.6. The summed E-state index contributed by atoms with van der Waals surface area (Å²) in [6.45, 7) is 0.584. The van der Waals surface area contributed by atoms with Crippen molar-refractivity contribution >= 4 is 5.95 Å². The summed E-state index contributed by atoms with van der Waals surface area (Å²) in [5, 5.41) is 11.1. The van der Waals surface area contributed by atoms with E-state index in [9.17, 15) is 0 Å². The van der Waals surface area contributed by atoms with E-state index in [0.717, 1.165) is 17.5 Å². The lowest BCUT2D eigenvalue weighted by Crippen LogP contribution is -2.09. The van der Waals surface area contributed by atoms with Gasteiger partial charge in [0.15, 0.2) is 5.82 Å². The summed E-state index contributed by atoms with van der Waals surface area (Å²) >= 11 is 0. The van der Waals surface area contributed by atoms with Gasteiger partial charge in [0.1, 0.15) is 6.33 Å². The number of para-hydroxylation sites is 1. The number of aryl methyl sites for hydroxylation is 1. The van der Waals surface area contributed by atoms with Crippen LogP contribution in [0.1, 0.15) is 5.82 Å². The van der Waals surface area contributed by atoms with Gasteiger partial charge in [-0.15, -0.1) is 10.2 Å². The average molecular weight is 254 g/mol. The first kappa shape index (κ1) is 11.5. The molecule has 1 aromatic carbocycles. The second-order valence-corrected chi connectivity index (χ2v) is 4.17. The number of nitrogens with one attached hydrogen (secondary N) is 1. The van der Waals surface area contributed by atoms with E-state index < -0.39 is 0 Å². The Balaban J connectivity index is 1.80. The molecule has 19 heavy (non-hydrogen) atoms. The van der Waals surface area contributed by atoms with Gasteiger partial charge in [-0.05, 0) is 12.1 Å². The van der Waals surface area contributed by atoms with Crippen LogP contribution in [0.15, 0.2) is 49.1 Å². The lowest BCUT2D eigenvalue weighted by molar-refractivity contribution is 0.805. The van der Waals surface area contributed by atoms with Gasteiger partial charge in [0.05, 0.1) is 6.54 Å². The first-order chi connectivity index (χ1) is 9.34. The van der Waals surface area contributed by atoms with Gasteiger partial charge in [0, 0.05) is 25.1 Å². The van der Waals surface area contributed by atoms with Crippen LogP contribution >= 0.6 is 0 Å².